The van der Waals surface area contributed by atoms with E-state index in [0.717, 1.165) is 18.6 Å². The normalized spacial score (nSPS) is 25.7. The Labute approximate surface area is 128 Å². The monoisotopic (exact) mass is 370 g/mol. The quantitative estimate of drug-likeness (QED) is 0.724. The second-order valence-corrected chi connectivity index (χ2v) is 7.00. The summed E-state index contributed by atoms with van der Waals surface area (Å²) >= 11 is 2.29. The molecular formula is C16H19IO2. The number of ether oxygens (including phenoxy) is 1. The van der Waals surface area contributed by atoms with Gasteiger partial charge < -0.3 is 4.74 Å². The second kappa shape index (κ2) is 5.43. The molecular weight excluding hydrogens is 351 g/mol. The van der Waals surface area contributed by atoms with Crippen molar-refractivity contribution >= 4 is 28.4 Å². The number of carbonyl (C=O) groups excluding carboxylic acids is 1. The first-order valence-electron chi connectivity index (χ1n) is 7.16. The van der Waals surface area contributed by atoms with E-state index in [1.54, 1.807) is 0 Å². The molecule has 2 aliphatic rings. The molecule has 102 valence electrons. The van der Waals surface area contributed by atoms with E-state index >= 15 is 0 Å². The Balaban J connectivity index is 1.74. The molecule has 0 aromatic heterocycles. The molecule has 0 aliphatic heterocycles. The van der Waals surface area contributed by atoms with Crippen molar-refractivity contribution in [3.63, 3.8) is 0 Å². The van der Waals surface area contributed by atoms with Crippen molar-refractivity contribution in [1.29, 1.82) is 0 Å². The maximum atomic E-state index is 12.1. The number of carbonyl (C=O) groups is 1. The third-order valence-corrected chi connectivity index (χ3v) is 5.35. The second-order valence-electron chi connectivity index (χ2n) is 5.76. The third kappa shape index (κ3) is 2.54. The molecule has 0 heterocycles. The highest BCUT2D eigenvalue weighted by molar-refractivity contribution is 14.1. The SMILES string of the molecule is O=C1CC(Oc2ccc(I)cc2)C12CCCCCC2. The summed E-state index contributed by atoms with van der Waals surface area (Å²) in [6.07, 6.45) is 7.67. The Hall–Kier alpha value is -0.580. The third-order valence-electron chi connectivity index (χ3n) is 4.63. The minimum Gasteiger partial charge on any atom is -0.489 e. The standard InChI is InChI=1S/C16H19IO2/c17-12-5-7-13(8-6-12)19-15-11-14(18)16(15)9-3-1-2-4-10-16/h5-8,15H,1-4,9-11H2. The molecule has 1 atom stereocenters. The van der Waals surface area contributed by atoms with Crippen LogP contribution in [0.1, 0.15) is 44.9 Å². The molecule has 0 N–H and O–H groups in total. The summed E-state index contributed by atoms with van der Waals surface area (Å²) < 4.78 is 7.31. The zero-order chi connectivity index (χ0) is 13.3. The highest BCUT2D eigenvalue weighted by Crippen LogP contribution is 2.49. The lowest BCUT2D eigenvalue weighted by atomic mass is 9.60. The van der Waals surface area contributed by atoms with Crippen LogP contribution in [0.4, 0.5) is 0 Å². The van der Waals surface area contributed by atoms with E-state index in [4.69, 9.17) is 4.74 Å². The molecule has 2 aliphatic carbocycles. The fourth-order valence-corrected chi connectivity index (χ4v) is 3.77. The van der Waals surface area contributed by atoms with Crippen LogP contribution in [0.5, 0.6) is 5.75 Å². The van der Waals surface area contributed by atoms with Gasteiger partial charge in [0.05, 0.1) is 5.41 Å². The van der Waals surface area contributed by atoms with Gasteiger partial charge in [0.1, 0.15) is 17.6 Å². The molecule has 0 saturated heterocycles. The van der Waals surface area contributed by atoms with Gasteiger partial charge in [-0.25, -0.2) is 0 Å². The summed E-state index contributed by atoms with van der Waals surface area (Å²) in [6, 6.07) is 8.12. The average molecular weight is 370 g/mol. The first-order valence-corrected chi connectivity index (χ1v) is 8.24. The van der Waals surface area contributed by atoms with Crippen molar-refractivity contribution in [2.24, 2.45) is 5.41 Å². The van der Waals surface area contributed by atoms with Crippen LogP contribution in [0.25, 0.3) is 0 Å². The molecule has 0 bridgehead atoms. The van der Waals surface area contributed by atoms with Crippen molar-refractivity contribution in [1.82, 2.24) is 0 Å². The number of rotatable bonds is 2. The van der Waals surface area contributed by atoms with E-state index in [2.05, 4.69) is 34.7 Å². The van der Waals surface area contributed by atoms with Gasteiger partial charge in [-0.15, -0.1) is 0 Å². The van der Waals surface area contributed by atoms with Gasteiger partial charge in [-0.3, -0.25) is 4.79 Å². The lowest BCUT2D eigenvalue weighted by molar-refractivity contribution is -0.154. The number of hydrogen-bond donors (Lipinski definition) is 0. The molecule has 3 heteroatoms. The zero-order valence-electron chi connectivity index (χ0n) is 11.0. The molecule has 2 fully saturated rings. The minimum atomic E-state index is -0.153. The van der Waals surface area contributed by atoms with Gasteiger partial charge in [0.15, 0.2) is 0 Å². The van der Waals surface area contributed by atoms with Gasteiger partial charge >= 0.3 is 0 Å². The summed E-state index contributed by atoms with van der Waals surface area (Å²) in [5.74, 6) is 1.34. The van der Waals surface area contributed by atoms with Gasteiger partial charge in [0.2, 0.25) is 0 Å². The van der Waals surface area contributed by atoms with Gasteiger partial charge in [-0.05, 0) is 59.7 Å². The molecule has 3 rings (SSSR count). The molecule has 1 aromatic rings. The van der Waals surface area contributed by atoms with Crippen molar-refractivity contribution in [2.75, 3.05) is 0 Å². The van der Waals surface area contributed by atoms with E-state index in [9.17, 15) is 4.79 Å². The summed E-state index contributed by atoms with van der Waals surface area (Å²) in [5, 5.41) is 0. The summed E-state index contributed by atoms with van der Waals surface area (Å²) in [5.41, 5.74) is -0.153. The van der Waals surface area contributed by atoms with Crippen LogP contribution in [-0.2, 0) is 4.79 Å². The highest BCUT2D eigenvalue weighted by Gasteiger charge is 2.55. The van der Waals surface area contributed by atoms with Gasteiger partial charge in [-0.1, -0.05) is 25.7 Å². The van der Waals surface area contributed by atoms with Crippen LogP contribution in [0, 0.1) is 8.99 Å². The Bertz CT molecular complexity index is 458. The van der Waals surface area contributed by atoms with Gasteiger partial charge in [-0.2, -0.15) is 0 Å². The van der Waals surface area contributed by atoms with E-state index in [1.165, 1.54) is 29.3 Å². The predicted octanol–water partition coefficient (Wildman–Crippen LogP) is 4.35. The number of Topliss-reactive ketones (excluding diaryl/α,β-unsaturated/α-hetero) is 1. The number of benzene rings is 1. The van der Waals surface area contributed by atoms with Crippen molar-refractivity contribution in [2.45, 2.75) is 51.0 Å². The molecule has 0 amide bonds. The van der Waals surface area contributed by atoms with Crippen LogP contribution in [0.15, 0.2) is 24.3 Å². The first-order chi connectivity index (χ1) is 9.21. The zero-order valence-corrected chi connectivity index (χ0v) is 13.2. The largest absolute Gasteiger partial charge is 0.489 e. The molecule has 1 aromatic carbocycles. The summed E-state index contributed by atoms with van der Waals surface area (Å²) in [4.78, 5) is 12.1. The van der Waals surface area contributed by atoms with Crippen molar-refractivity contribution < 1.29 is 9.53 Å². The smallest absolute Gasteiger partial charge is 0.146 e. The fraction of sp³-hybridized carbons (Fsp3) is 0.562. The minimum absolute atomic E-state index is 0.109. The van der Waals surface area contributed by atoms with Crippen molar-refractivity contribution in [3.8, 4) is 5.75 Å². The lowest BCUT2D eigenvalue weighted by Gasteiger charge is -2.47. The molecule has 2 nitrogen and oxygen atoms in total. The average Bonchev–Trinajstić information content (AvgIpc) is 2.68. The number of halogens is 1. The Morgan fingerprint density at radius 2 is 1.68 bits per heavy atom. The van der Waals surface area contributed by atoms with Crippen LogP contribution >= 0.6 is 22.6 Å². The van der Waals surface area contributed by atoms with Crippen LogP contribution < -0.4 is 4.74 Å². The summed E-state index contributed by atoms with van der Waals surface area (Å²) in [6.45, 7) is 0. The van der Waals surface area contributed by atoms with E-state index < -0.39 is 0 Å². The maximum Gasteiger partial charge on any atom is 0.146 e. The van der Waals surface area contributed by atoms with Crippen LogP contribution in [-0.4, -0.2) is 11.9 Å². The topological polar surface area (TPSA) is 26.3 Å². The highest BCUT2D eigenvalue weighted by atomic mass is 127. The first kappa shape index (κ1) is 13.4. The van der Waals surface area contributed by atoms with Gasteiger partial charge in [0, 0.05) is 9.99 Å². The van der Waals surface area contributed by atoms with E-state index in [0.29, 0.717) is 12.2 Å². The van der Waals surface area contributed by atoms with Crippen LogP contribution in [0.3, 0.4) is 0 Å². The molecule has 0 radical (unpaired) electrons. The van der Waals surface area contributed by atoms with E-state index in [-0.39, 0.29) is 11.5 Å². The lowest BCUT2D eigenvalue weighted by Crippen LogP contribution is -2.56. The molecule has 1 spiro atoms. The van der Waals surface area contributed by atoms with Crippen LogP contribution in [0.2, 0.25) is 0 Å². The van der Waals surface area contributed by atoms with E-state index in [1.807, 2.05) is 12.1 Å². The Kier molecular flexibility index (Phi) is 3.83. The number of ketones is 1. The predicted molar refractivity (Wildman–Crippen MR) is 83.3 cm³/mol. The van der Waals surface area contributed by atoms with Crippen molar-refractivity contribution in [3.05, 3.63) is 27.8 Å². The summed E-state index contributed by atoms with van der Waals surface area (Å²) in [7, 11) is 0. The number of hydrogen-bond acceptors (Lipinski definition) is 2. The maximum absolute atomic E-state index is 12.1. The molecule has 2 saturated carbocycles. The molecule has 19 heavy (non-hydrogen) atoms. The fourth-order valence-electron chi connectivity index (χ4n) is 3.41. The Morgan fingerprint density at radius 1 is 1.05 bits per heavy atom. The Morgan fingerprint density at radius 3 is 2.26 bits per heavy atom. The van der Waals surface area contributed by atoms with Gasteiger partial charge in [0.25, 0.3) is 0 Å². The molecule has 1 unspecified atom stereocenters.